The van der Waals surface area contributed by atoms with Crippen molar-refractivity contribution in [2.45, 2.75) is 72.0 Å². The molecule has 1 aliphatic heterocycles. The smallest absolute Gasteiger partial charge is 0.376 e. The number of ether oxygens (including phenoxy) is 1. The molecule has 2 rings (SSSR count). The Bertz CT molecular complexity index is 557. The largest absolute Gasteiger partial charge is 0.459 e. The van der Waals surface area contributed by atoms with Crippen LogP contribution in [0.3, 0.4) is 0 Å². The number of fused-ring (bicyclic) bond motifs is 2. The first-order valence-corrected chi connectivity index (χ1v) is 12.2. The van der Waals surface area contributed by atoms with Crippen molar-refractivity contribution in [1.82, 2.24) is 4.81 Å². The predicted molar refractivity (Wildman–Crippen MR) is 110 cm³/mol. The summed E-state index contributed by atoms with van der Waals surface area (Å²) < 4.78 is 30.2. The van der Waals surface area contributed by atoms with Gasteiger partial charge in [0.05, 0.1) is 13.2 Å². The minimum atomic E-state index is -3.64. The summed E-state index contributed by atoms with van der Waals surface area (Å²) >= 11 is 0. The van der Waals surface area contributed by atoms with E-state index in [9.17, 15) is 14.4 Å². The second-order valence-electron chi connectivity index (χ2n) is 9.01. The van der Waals surface area contributed by atoms with Crippen LogP contribution in [-0.2, 0) is 23.1 Å². The second kappa shape index (κ2) is 9.61. The number of rotatable bonds is 9. The van der Waals surface area contributed by atoms with Crippen LogP contribution < -0.4 is 0 Å². The van der Waals surface area contributed by atoms with Crippen LogP contribution in [0.1, 0.15) is 53.9 Å². The maximum atomic E-state index is 13.5. The average molecular weight is 417 g/mol. The number of nitrogens with zero attached hydrogens (tertiary/aromatic N) is 1. The molecule has 2 aliphatic rings. The zero-order valence-electron chi connectivity index (χ0n) is 18.2. The van der Waals surface area contributed by atoms with Crippen molar-refractivity contribution in [1.29, 1.82) is 0 Å². The van der Waals surface area contributed by atoms with Crippen molar-refractivity contribution in [3.63, 3.8) is 0 Å². The van der Waals surface area contributed by atoms with Crippen LogP contribution in [0.5, 0.6) is 0 Å². The van der Waals surface area contributed by atoms with E-state index >= 15 is 0 Å². The number of esters is 1. The van der Waals surface area contributed by atoms with Crippen LogP contribution in [0.2, 0.25) is 6.82 Å². The summed E-state index contributed by atoms with van der Waals surface area (Å²) in [7, 11) is -4.10. The molecular formula is C19H37BNO6P. The summed E-state index contributed by atoms with van der Waals surface area (Å²) in [5.41, 5.74) is -1.59. The lowest BCUT2D eigenvalue weighted by Crippen LogP contribution is -2.49. The molecular weight excluding hydrogens is 380 g/mol. The van der Waals surface area contributed by atoms with Crippen molar-refractivity contribution in [2.75, 3.05) is 26.3 Å². The zero-order valence-corrected chi connectivity index (χ0v) is 19.1. The third-order valence-electron chi connectivity index (χ3n) is 5.76. The summed E-state index contributed by atoms with van der Waals surface area (Å²) in [5, 5.41) is 9.96. The Hall–Kier alpha value is -0.395. The first-order chi connectivity index (χ1) is 13.0. The van der Waals surface area contributed by atoms with Gasteiger partial charge in [-0.05, 0) is 91.5 Å². The Morgan fingerprint density at radius 1 is 1.18 bits per heavy atom. The Kier molecular flexibility index (Phi) is 8.20. The van der Waals surface area contributed by atoms with Gasteiger partial charge in [-0.15, -0.1) is 0 Å². The lowest BCUT2D eigenvalue weighted by Gasteiger charge is -2.40. The van der Waals surface area contributed by atoms with E-state index in [1.807, 2.05) is 0 Å². The lowest BCUT2D eigenvalue weighted by atomic mass is 9.75. The molecule has 2 fully saturated rings. The van der Waals surface area contributed by atoms with Gasteiger partial charge in [0.15, 0.2) is 5.66 Å². The third kappa shape index (κ3) is 5.82. The van der Waals surface area contributed by atoms with E-state index in [0.29, 0.717) is 18.3 Å². The minimum absolute atomic E-state index is 0.212. The molecule has 0 aromatic rings. The molecule has 3 unspecified atom stereocenters. The van der Waals surface area contributed by atoms with Crippen LogP contribution in [0.15, 0.2) is 0 Å². The van der Waals surface area contributed by atoms with Gasteiger partial charge in [-0.3, -0.25) is 9.36 Å². The number of hydrogen-bond donors (Lipinski definition) is 1. The highest BCUT2D eigenvalue weighted by Crippen LogP contribution is 2.58. The molecule has 1 saturated carbocycles. The van der Waals surface area contributed by atoms with Gasteiger partial charge in [0.2, 0.25) is 0 Å². The Morgan fingerprint density at radius 3 is 2.07 bits per heavy atom. The molecule has 0 spiro atoms. The number of carbonyl (C=O) groups excluding carboxylic acids is 1. The maximum absolute atomic E-state index is 13.5. The van der Waals surface area contributed by atoms with Crippen molar-refractivity contribution >= 4 is 20.6 Å². The van der Waals surface area contributed by atoms with Gasteiger partial charge in [0.1, 0.15) is 5.60 Å². The fourth-order valence-corrected chi connectivity index (χ4v) is 6.59. The SMILES string of the molecule is CCOP(=O)(OCC)C(CC1C2CCC1CN(B(C)O)C2)C(=O)OC(C)(C)C. The quantitative estimate of drug-likeness (QED) is 0.350. The maximum Gasteiger partial charge on any atom is 0.376 e. The van der Waals surface area contributed by atoms with Gasteiger partial charge in [-0.2, -0.15) is 0 Å². The van der Waals surface area contributed by atoms with Crippen LogP contribution in [0.4, 0.5) is 0 Å². The van der Waals surface area contributed by atoms with E-state index < -0.39 is 31.9 Å². The molecule has 3 atom stereocenters. The average Bonchev–Trinajstić information content (AvgIpc) is 2.78. The molecule has 2 bridgehead atoms. The Balaban J connectivity index is 2.25. The normalized spacial score (nSPS) is 26.9. The van der Waals surface area contributed by atoms with Crippen molar-refractivity contribution in [3.8, 4) is 0 Å². The Labute approximate surface area is 170 Å². The van der Waals surface area contributed by atoms with Crippen molar-refractivity contribution in [3.05, 3.63) is 0 Å². The summed E-state index contributed by atoms with van der Waals surface area (Å²) in [5.74, 6) is 0.488. The van der Waals surface area contributed by atoms with E-state index in [1.54, 1.807) is 41.4 Å². The minimum Gasteiger partial charge on any atom is -0.459 e. The molecule has 1 saturated heterocycles. The zero-order chi connectivity index (χ0) is 21.1. The van der Waals surface area contributed by atoms with Crippen LogP contribution in [-0.4, -0.2) is 60.4 Å². The lowest BCUT2D eigenvalue weighted by molar-refractivity contribution is -0.155. The first-order valence-electron chi connectivity index (χ1n) is 10.5. The topological polar surface area (TPSA) is 85.3 Å². The summed E-state index contributed by atoms with van der Waals surface area (Å²) in [6.45, 7) is 12.7. The molecule has 0 amide bonds. The number of piperidine rings is 1. The van der Waals surface area contributed by atoms with Crippen LogP contribution >= 0.6 is 7.60 Å². The van der Waals surface area contributed by atoms with Crippen molar-refractivity contribution in [2.24, 2.45) is 17.8 Å². The molecule has 7 nitrogen and oxygen atoms in total. The first kappa shape index (κ1) is 23.9. The van der Waals surface area contributed by atoms with Gasteiger partial charge in [0.25, 0.3) is 0 Å². The predicted octanol–water partition coefficient (Wildman–Crippen LogP) is 3.42. The van der Waals surface area contributed by atoms with Crippen molar-refractivity contribution < 1.29 is 28.2 Å². The van der Waals surface area contributed by atoms with Crippen LogP contribution in [0, 0.1) is 17.8 Å². The van der Waals surface area contributed by atoms with Gasteiger partial charge >= 0.3 is 20.6 Å². The molecule has 1 aliphatic carbocycles. The summed E-state index contributed by atoms with van der Waals surface area (Å²) in [6.07, 6.45) is 2.56. The van der Waals surface area contributed by atoms with Gasteiger partial charge in [0, 0.05) is 0 Å². The Morgan fingerprint density at radius 2 is 1.68 bits per heavy atom. The van der Waals surface area contributed by atoms with E-state index in [-0.39, 0.29) is 19.1 Å². The molecule has 0 radical (unpaired) electrons. The van der Waals surface area contributed by atoms with Gasteiger partial charge < -0.3 is 23.6 Å². The molecule has 0 aromatic heterocycles. The second-order valence-corrected chi connectivity index (χ2v) is 11.2. The third-order valence-corrected chi connectivity index (χ3v) is 8.18. The van der Waals surface area contributed by atoms with Crippen LogP contribution in [0.25, 0.3) is 0 Å². The molecule has 1 N–H and O–H groups in total. The molecule has 9 heteroatoms. The fourth-order valence-electron chi connectivity index (χ4n) is 4.62. The number of carbonyl (C=O) groups is 1. The van der Waals surface area contributed by atoms with Gasteiger partial charge in [-0.1, -0.05) is 0 Å². The van der Waals surface area contributed by atoms with E-state index in [0.717, 1.165) is 25.9 Å². The van der Waals surface area contributed by atoms with E-state index in [1.165, 1.54) is 0 Å². The van der Waals surface area contributed by atoms with Gasteiger partial charge in [-0.25, -0.2) is 0 Å². The number of hydrogen-bond acceptors (Lipinski definition) is 7. The molecule has 0 aromatic carbocycles. The molecule has 1 heterocycles. The van der Waals surface area contributed by atoms with E-state index in [2.05, 4.69) is 4.81 Å². The van der Waals surface area contributed by atoms with E-state index in [4.69, 9.17) is 13.8 Å². The highest BCUT2D eigenvalue weighted by Gasteiger charge is 2.50. The highest BCUT2D eigenvalue weighted by atomic mass is 31.2. The molecule has 28 heavy (non-hydrogen) atoms. The standard InChI is InChI=1S/C19H37BNO6P/c1-7-25-28(24,26-8-2)17(18(22)27-19(3,4)5)11-16-14-9-10-15(16)13-21(12-14)20(6)23/h14-17,23H,7-13H2,1-6H3. The highest BCUT2D eigenvalue weighted by molar-refractivity contribution is 7.55. The summed E-state index contributed by atoms with van der Waals surface area (Å²) in [6, 6.07) is 0. The summed E-state index contributed by atoms with van der Waals surface area (Å²) in [4.78, 5) is 15.1. The molecule has 162 valence electrons. The monoisotopic (exact) mass is 417 g/mol. The fraction of sp³-hybridized carbons (Fsp3) is 0.947.